The summed E-state index contributed by atoms with van der Waals surface area (Å²) in [4.78, 5) is 3.92. The van der Waals surface area contributed by atoms with Crippen LogP contribution in [0.5, 0.6) is 11.5 Å². The maximum Gasteiger partial charge on any atom is 0.153 e. The van der Waals surface area contributed by atoms with Crippen molar-refractivity contribution in [3.63, 3.8) is 0 Å². The van der Waals surface area contributed by atoms with Crippen LogP contribution in [0.15, 0.2) is 36.5 Å². The molecule has 2 unspecified atom stereocenters. The minimum Gasteiger partial charge on any atom is -0.506 e. The van der Waals surface area contributed by atoms with E-state index in [1.165, 1.54) is 6.20 Å². The molecule has 2 aliphatic rings. The molecular weight excluding hydrogens is 397 g/mol. The van der Waals surface area contributed by atoms with Gasteiger partial charge in [0.15, 0.2) is 15.7 Å². The number of ether oxygens (including phenoxy) is 2. The summed E-state index contributed by atoms with van der Waals surface area (Å²) < 4.78 is 50.1. The van der Waals surface area contributed by atoms with Gasteiger partial charge in [0.1, 0.15) is 17.2 Å². The molecule has 2 atom stereocenters. The Morgan fingerprint density at radius 2 is 1.93 bits per heavy atom. The Labute approximate surface area is 169 Å². The van der Waals surface area contributed by atoms with Crippen molar-refractivity contribution < 1.29 is 27.4 Å². The van der Waals surface area contributed by atoms with Crippen molar-refractivity contribution in [1.82, 2.24) is 4.98 Å². The molecule has 2 aromatic rings. The molecule has 1 N–H and O–H groups in total. The number of hydrogen-bond acceptors (Lipinski definition) is 6. The fraction of sp³-hybridized carbons (Fsp3) is 0.476. The minimum atomic E-state index is -3.02. The number of nitrogens with zero attached hydrogens (tertiary/aromatic N) is 1. The summed E-state index contributed by atoms with van der Waals surface area (Å²) in [6.07, 6.45) is 3.50. The lowest BCUT2D eigenvalue weighted by Crippen LogP contribution is -2.36. The van der Waals surface area contributed by atoms with Crippen LogP contribution in [0.4, 0.5) is 4.39 Å². The summed E-state index contributed by atoms with van der Waals surface area (Å²) in [7, 11) is -3.02. The van der Waals surface area contributed by atoms with E-state index in [1.807, 2.05) is 0 Å². The lowest BCUT2D eigenvalue weighted by atomic mass is 9.91. The van der Waals surface area contributed by atoms with Crippen LogP contribution in [0, 0.1) is 17.7 Å². The van der Waals surface area contributed by atoms with Gasteiger partial charge >= 0.3 is 0 Å². The molecule has 2 heterocycles. The van der Waals surface area contributed by atoms with Crippen LogP contribution in [-0.4, -0.2) is 49.3 Å². The summed E-state index contributed by atoms with van der Waals surface area (Å²) in [6.45, 7) is 1.45. The third-order valence-electron chi connectivity index (χ3n) is 5.53. The number of hydrogen-bond donors (Lipinski definition) is 1. The highest BCUT2D eigenvalue weighted by Gasteiger charge is 2.39. The van der Waals surface area contributed by atoms with Crippen molar-refractivity contribution in [3.05, 3.63) is 42.3 Å². The Kier molecular flexibility index (Phi) is 5.74. The highest BCUT2D eigenvalue weighted by atomic mass is 32.2. The monoisotopic (exact) mass is 421 g/mol. The number of rotatable bonds is 7. The van der Waals surface area contributed by atoms with E-state index in [0.717, 1.165) is 25.3 Å². The zero-order chi connectivity index (χ0) is 20.4. The molecule has 0 radical (unpaired) electrons. The maximum atomic E-state index is 14.0. The summed E-state index contributed by atoms with van der Waals surface area (Å²) in [6, 6.07) is 7.87. The fourth-order valence-electron chi connectivity index (χ4n) is 3.66. The Morgan fingerprint density at radius 3 is 2.62 bits per heavy atom. The summed E-state index contributed by atoms with van der Waals surface area (Å²) >= 11 is 0. The van der Waals surface area contributed by atoms with Crippen molar-refractivity contribution in [3.8, 4) is 22.8 Å². The molecule has 1 saturated carbocycles. The van der Waals surface area contributed by atoms with Gasteiger partial charge in [0, 0.05) is 24.2 Å². The summed E-state index contributed by atoms with van der Waals surface area (Å²) in [5, 5.41) is 9.13. The molecule has 4 rings (SSSR count). The van der Waals surface area contributed by atoms with Gasteiger partial charge in [-0.1, -0.05) is 0 Å². The van der Waals surface area contributed by atoms with Crippen LogP contribution in [-0.2, 0) is 14.6 Å². The Bertz CT molecular complexity index is 960. The molecule has 0 spiro atoms. The molecule has 6 nitrogen and oxygen atoms in total. The van der Waals surface area contributed by atoms with Crippen molar-refractivity contribution >= 4 is 9.84 Å². The van der Waals surface area contributed by atoms with E-state index < -0.39 is 15.7 Å². The maximum absolute atomic E-state index is 14.0. The highest BCUT2D eigenvalue weighted by Crippen LogP contribution is 2.33. The lowest BCUT2D eigenvalue weighted by Gasteiger charge is -2.31. The fourth-order valence-corrected chi connectivity index (χ4v) is 5.82. The van der Waals surface area contributed by atoms with Gasteiger partial charge in [0.2, 0.25) is 0 Å². The van der Waals surface area contributed by atoms with Crippen LogP contribution in [0.3, 0.4) is 0 Å². The molecule has 1 aliphatic heterocycles. The normalized spacial score (nSPS) is 22.4. The molecule has 2 fully saturated rings. The average Bonchev–Trinajstić information content (AvgIpc) is 3.54. The first-order valence-corrected chi connectivity index (χ1v) is 11.5. The van der Waals surface area contributed by atoms with E-state index in [4.69, 9.17) is 9.47 Å². The van der Waals surface area contributed by atoms with Crippen LogP contribution in [0.1, 0.15) is 19.3 Å². The standard InChI is InChI=1S/C21H24FNO5S/c22-20-9-17(24)10-23-21(20)14-1-3-18(4-2-14)28-12-16-11-27-8-7-15(16)13-29(25,26)19-5-6-19/h1-4,9-10,15-16,19,24H,5-8,11-13H2. The predicted octanol–water partition coefficient (Wildman–Crippen LogP) is 3.20. The lowest BCUT2D eigenvalue weighted by molar-refractivity contribution is 0.00447. The summed E-state index contributed by atoms with van der Waals surface area (Å²) in [5.74, 6) is 0.0658. The smallest absolute Gasteiger partial charge is 0.153 e. The van der Waals surface area contributed by atoms with Gasteiger partial charge in [0.25, 0.3) is 0 Å². The SMILES string of the molecule is O=S(=O)(CC1CCOCC1COc1ccc(-c2ncc(O)cc2F)cc1)C1CC1. The zero-order valence-electron chi connectivity index (χ0n) is 16.0. The number of pyridine rings is 1. The van der Waals surface area contributed by atoms with Gasteiger partial charge in [0.05, 0.1) is 30.4 Å². The summed E-state index contributed by atoms with van der Waals surface area (Å²) in [5.41, 5.74) is 0.727. The number of benzene rings is 1. The van der Waals surface area contributed by atoms with Crippen LogP contribution in [0.25, 0.3) is 11.3 Å². The molecule has 1 aromatic carbocycles. The highest BCUT2D eigenvalue weighted by molar-refractivity contribution is 7.92. The average molecular weight is 421 g/mol. The topological polar surface area (TPSA) is 85.7 Å². The van der Waals surface area contributed by atoms with E-state index in [1.54, 1.807) is 24.3 Å². The second-order valence-corrected chi connectivity index (χ2v) is 10.1. The van der Waals surface area contributed by atoms with Crippen LogP contribution < -0.4 is 4.74 Å². The van der Waals surface area contributed by atoms with Crippen molar-refractivity contribution in [2.24, 2.45) is 11.8 Å². The van der Waals surface area contributed by atoms with Crippen LogP contribution >= 0.6 is 0 Å². The first-order valence-electron chi connectivity index (χ1n) is 9.79. The van der Waals surface area contributed by atoms with Crippen molar-refractivity contribution in [2.45, 2.75) is 24.5 Å². The van der Waals surface area contributed by atoms with Crippen molar-refractivity contribution in [1.29, 1.82) is 0 Å². The molecular formula is C21H24FNO5S. The molecule has 1 saturated heterocycles. The first kappa shape index (κ1) is 20.1. The molecule has 8 heteroatoms. The van der Waals surface area contributed by atoms with E-state index >= 15 is 0 Å². The van der Waals surface area contributed by atoms with Gasteiger partial charge in [-0.25, -0.2) is 17.8 Å². The Hall–Kier alpha value is -2.19. The third-order valence-corrected chi connectivity index (χ3v) is 7.91. The van der Waals surface area contributed by atoms with Gasteiger partial charge < -0.3 is 14.6 Å². The molecule has 0 amide bonds. The van der Waals surface area contributed by atoms with Gasteiger partial charge in [-0.2, -0.15) is 0 Å². The van der Waals surface area contributed by atoms with Gasteiger partial charge in [-0.3, -0.25) is 0 Å². The third kappa shape index (κ3) is 4.87. The van der Waals surface area contributed by atoms with E-state index in [2.05, 4.69) is 4.98 Å². The molecule has 1 aromatic heterocycles. The number of aromatic nitrogens is 1. The molecule has 29 heavy (non-hydrogen) atoms. The second kappa shape index (κ2) is 8.28. The van der Waals surface area contributed by atoms with E-state index in [-0.39, 0.29) is 34.3 Å². The number of sulfone groups is 1. The number of halogens is 1. The zero-order valence-corrected chi connectivity index (χ0v) is 16.8. The molecule has 0 bridgehead atoms. The quantitative estimate of drug-likeness (QED) is 0.739. The van der Waals surface area contributed by atoms with Gasteiger partial charge in [-0.15, -0.1) is 0 Å². The number of aromatic hydroxyl groups is 1. The van der Waals surface area contributed by atoms with Crippen LogP contribution in [0.2, 0.25) is 0 Å². The largest absolute Gasteiger partial charge is 0.506 e. The minimum absolute atomic E-state index is 0.0214. The Balaban J connectivity index is 1.38. The van der Waals surface area contributed by atoms with Crippen molar-refractivity contribution in [2.75, 3.05) is 25.6 Å². The van der Waals surface area contributed by atoms with E-state index in [9.17, 15) is 17.9 Å². The van der Waals surface area contributed by atoms with Gasteiger partial charge in [-0.05, 0) is 49.4 Å². The first-order chi connectivity index (χ1) is 13.9. The molecule has 156 valence electrons. The Morgan fingerprint density at radius 1 is 1.17 bits per heavy atom. The van der Waals surface area contributed by atoms with E-state index in [0.29, 0.717) is 31.1 Å². The molecule has 1 aliphatic carbocycles. The predicted molar refractivity (Wildman–Crippen MR) is 106 cm³/mol. The second-order valence-electron chi connectivity index (χ2n) is 7.77.